The summed E-state index contributed by atoms with van der Waals surface area (Å²) >= 11 is 3.04. The lowest BCUT2D eigenvalue weighted by atomic mass is 10.1. The quantitative estimate of drug-likeness (QED) is 0.748. The maximum absolute atomic E-state index is 12.8. The monoisotopic (exact) mass is 372 g/mol. The van der Waals surface area contributed by atoms with Gasteiger partial charge in [0.05, 0.1) is 26.4 Å². The molecule has 1 aliphatic heterocycles. The van der Waals surface area contributed by atoms with Crippen molar-refractivity contribution >= 4 is 44.8 Å². The van der Waals surface area contributed by atoms with Crippen LogP contribution in [-0.4, -0.2) is 39.5 Å². The largest absolute Gasteiger partial charge is 0.481 e. The van der Waals surface area contributed by atoms with Crippen molar-refractivity contribution in [1.29, 1.82) is 0 Å². The molecule has 3 aromatic rings. The third-order valence-corrected chi connectivity index (χ3v) is 6.65. The van der Waals surface area contributed by atoms with Gasteiger partial charge in [-0.15, -0.1) is 22.7 Å². The molecule has 0 bridgehead atoms. The number of fused-ring (bicyclic) bond motifs is 1. The number of rotatable bonds is 4. The second kappa shape index (κ2) is 6.57. The van der Waals surface area contributed by atoms with Crippen molar-refractivity contribution in [3.8, 4) is 9.88 Å². The lowest BCUT2D eigenvalue weighted by Crippen LogP contribution is -2.36. The van der Waals surface area contributed by atoms with Crippen LogP contribution in [0.2, 0.25) is 0 Å². The number of para-hydroxylation sites is 1. The molecule has 0 spiro atoms. The van der Waals surface area contributed by atoms with E-state index in [1.54, 1.807) is 16.2 Å². The minimum absolute atomic E-state index is 0.0157. The van der Waals surface area contributed by atoms with Crippen molar-refractivity contribution in [3.63, 3.8) is 0 Å². The Morgan fingerprint density at radius 3 is 2.84 bits per heavy atom. The summed E-state index contributed by atoms with van der Waals surface area (Å²) in [5.74, 6) is -0.924. The molecule has 1 unspecified atom stereocenters. The molecule has 1 aliphatic rings. The Morgan fingerprint density at radius 1 is 1.20 bits per heavy atom. The Balaban J connectivity index is 1.58. The van der Waals surface area contributed by atoms with Gasteiger partial charge in [-0.1, -0.05) is 12.1 Å². The average Bonchev–Trinajstić information content (AvgIpc) is 3.32. The van der Waals surface area contributed by atoms with Gasteiger partial charge in [-0.05, 0) is 37.1 Å². The van der Waals surface area contributed by atoms with Crippen molar-refractivity contribution in [2.45, 2.75) is 25.3 Å². The van der Waals surface area contributed by atoms with E-state index in [1.807, 2.05) is 36.4 Å². The van der Waals surface area contributed by atoms with Crippen molar-refractivity contribution in [1.82, 2.24) is 9.88 Å². The molecular formula is C18H16N2O3S2. The Bertz CT molecular complexity index is 914. The predicted molar refractivity (Wildman–Crippen MR) is 99.2 cm³/mol. The Kier molecular flexibility index (Phi) is 4.27. The van der Waals surface area contributed by atoms with Gasteiger partial charge in [0, 0.05) is 12.6 Å². The van der Waals surface area contributed by atoms with Crippen LogP contribution in [0.5, 0.6) is 0 Å². The third kappa shape index (κ3) is 3.17. The maximum Gasteiger partial charge on any atom is 0.305 e. The summed E-state index contributed by atoms with van der Waals surface area (Å²) in [6.45, 7) is 0.630. The zero-order valence-electron chi connectivity index (χ0n) is 13.3. The third-order valence-electron chi connectivity index (χ3n) is 4.37. The van der Waals surface area contributed by atoms with Gasteiger partial charge in [-0.2, -0.15) is 0 Å². The minimum atomic E-state index is -0.856. The number of nitrogens with zero attached hydrogens (tertiary/aromatic N) is 2. The fourth-order valence-corrected chi connectivity index (χ4v) is 5.19. The van der Waals surface area contributed by atoms with E-state index in [-0.39, 0.29) is 18.4 Å². The highest BCUT2D eigenvalue weighted by Crippen LogP contribution is 2.35. The molecule has 0 radical (unpaired) electrons. The molecule has 7 heteroatoms. The van der Waals surface area contributed by atoms with E-state index < -0.39 is 5.97 Å². The van der Waals surface area contributed by atoms with E-state index in [9.17, 15) is 9.59 Å². The average molecular weight is 372 g/mol. The SMILES string of the molecule is O=C(O)CC1CCCN1C(=O)c1ccc(-c2nc3ccccc3s2)s1. The van der Waals surface area contributed by atoms with Gasteiger partial charge < -0.3 is 10.0 Å². The molecule has 1 N–H and O–H groups in total. The summed E-state index contributed by atoms with van der Waals surface area (Å²) < 4.78 is 1.12. The van der Waals surface area contributed by atoms with E-state index >= 15 is 0 Å². The Morgan fingerprint density at radius 2 is 2.04 bits per heavy atom. The molecule has 3 heterocycles. The van der Waals surface area contributed by atoms with Gasteiger partial charge in [-0.3, -0.25) is 9.59 Å². The van der Waals surface area contributed by atoms with Crippen LogP contribution in [0.4, 0.5) is 0 Å². The molecule has 0 saturated carbocycles. The summed E-state index contributed by atoms with van der Waals surface area (Å²) in [4.78, 5) is 31.7. The molecule has 1 fully saturated rings. The number of likely N-dealkylation sites (tertiary alicyclic amines) is 1. The molecule has 5 nitrogen and oxygen atoms in total. The van der Waals surface area contributed by atoms with E-state index in [0.717, 1.165) is 32.9 Å². The van der Waals surface area contributed by atoms with Crippen LogP contribution in [0.3, 0.4) is 0 Å². The van der Waals surface area contributed by atoms with E-state index in [4.69, 9.17) is 5.11 Å². The number of thiazole rings is 1. The second-order valence-electron chi connectivity index (χ2n) is 6.04. The number of carboxylic acid groups (broad SMARTS) is 1. The number of carbonyl (C=O) groups is 2. The first kappa shape index (κ1) is 16.2. The number of hydrogen-bond acceptors (Lipinski definition) is 5. The van der Waals surface area contributed by atoms with Crippen molar-refractivity contribution < 1.29 is 14.7 Å². The standard InChI is InChI=1S/C18H16N2O3S2/c21-16(22)10-11-4-3-9-20(11)18(23)15-8-7-14(24-15)17-19-12-5-1-2-6-13(12)25-17/h1-2,5-8,11H,3-4,9-10H2,(H,21,22). The number of amides is 1. The molecule has 1 atom stereocenters. The molecule has 1 amide bonds. The minimum Gasteiger partial charge on any atom is -0.481 e. The smallest absolute Gasteiger partial charge is 0.305 e. The number of aliphatic carboxylic acids is 1. The zero-order chi connectivity index (χ0) is 17.4. The van der Waals surface area contributed by atoms with Crippen LogP contribution >= 0.6 is 22.7 Å². The van der Waals surface area contributed by atoms with Crippen LogP contribution in [0.1, 0.15) is 28.9 Å². The Hall–Kier alpha value is -2.25. The first-order valence-corrected chi connectivity index (χ1v) is 9.73. The van der Waals surface area contributed by atoms with Crippen molar-refractivity contribution in [3.05, 3.63) is 41.3 Å². The molecule has 4 rings (SSSR count). The number of carbonyl (C=O) groups excluding carboxylic acids is 1. The maximum atomic E-state index is 12.8. The first-order valence-electron chi connectivity index (χ1n) is 8.10. The normalized spacial score (nSPS) is 17.3. The van der Waals surface area contributed by atoms with E-state index in [0.29, 0.717) is 11.4 Å². The number of aromatic nitrogens is 1. The topological polar surface area (TPSA) is 70.5 Å². The van der Waals surface area contributed by atoms with Crippen LogP contribution < -0.4 is 0 Å². The summed E-state index contributed by atoms with van der Waals surface area (Å²) in [6.07, 6.45) is 1.63. The summed E-state index contributed by atoms with van der Waals surface area (Å²) in [6, 6.07) is 11.5. The van der Waals surface area contributed by atoms with Crippen LogP contribution in [0.25, 0.3) is 20.1 Å². The van der Waals surface area contributed by atoms with Gasteiger partial charge in [-0.25, -0.2) is 4.98 Å². The zero-order valence-corrected chi connectivity index (χ0v) is 15.0. The van der Waals surface area contributed by atoms with Gasteiger partial charge >= 0.3 is 5.97 Å². The molecule has 1 saturated heterocycles. The van der Waals surface area contributed by atoms with E-state index in [1.165, 1.54) is 11.3 Å². The van der Waals surface area contributed by atoms with Gasteiger partial charge in [0.2, 0.25) is 0 Å². The van der Waals surface area contributed by atoms with Crippen LogP contribution in [-0.2, 0) is 4.79 Å². The fourth-order valence-electron chi connectivity index (χ4n) is 3.20. The highest BCUT2D eigenvalue weighted by atomic mass is 32.1. The lowest BCUT2D eigenvalue weighted by molar-refractivity contribution is -0.137. The number of carboxylic acids is 1. The van der Waals surface area contributed by atoms with Gasteiger partial charge in [0.25, 0.3) is 5.91 Å². The summed E-state index contributed by atoms with van der Waals surface area (Å²) in [7, 11) is 0. The first-order chi connectivity index (χ1) is 12.1. The fraction of sp³-hybridized carbons (Fsp3) is 0.278. The molecule has 1 aromatic carbocycles. The molecule has 25 heavy (non-hydrogen) atoms. The van der Waals surface area contributed by atoms with Crippen molar-refractivity contribution in [2.24, 2.45) is 0 Å². The lowest BCUT2D eigenvalue weighted by Gasteiger charge is -2.22. The summed E-state index contributed by atoms with van der Waals surface area (Å²) in [5, 5.41) is 9.93. The number of thiophene rings is 1. The highest BCUT2D eigenvalue weighted by Gasteiger charge is 2.31. The molecule has 128 valence electrons. The predicted octanol–water partition coefficient (Wildman–Crippen LogP) is 4.10. The number of benzene rings is 1. The molecular weight excluding hydrogens is 356 g/mol. The Labute approximate surface area is 152 Å². The van der Waals surface area contributed by atoms with Crippen LogP contribution in [0.15, 0.2) is 36.4 Å². The van der Waals surface area contributed by atoms with Crippen LogP contribution in [0, 0.1) is 0 Å². The molecule has 0 aliphatic carbocycles. The molecule has 2 aromatic heterocycles. The van der Waals surface area contributed by atoms with Gasteiger partial charge in [0.1, 0.15) is 5.01 Å². The van der Waals surface area contributed by atoms with E-state index in [2.05, 4.69) is 4.98 Å². The summed E-state index contributed by atoms with van der Waals surface area (Å²) in [5.41, 5.74) is 0.963. The van der Waals surface area contributed by atoms with Crippen molar-refractivity contribution in [2.75, 3.05) is 6.54 Å². The second-order valence-corrected chi connectivity index (χ2v) is 8.16. The van der Waals surface area contributed by atoms with Gasteiger partial charge in [0.15, 0.2) is 0 Å². The number of hydrogen-bond donors (Lipinski definition) is 1. The highest BCUT2D eigenvalue weighted by molar-refractivity contribution is 7.26.